The van der Waals surface area contributed by atoms with Gasteiger partial charge in [0.15, 0.2) is 0 Å². The van der Waals surface area contributed by atoms with Crippen LogP contribution in [0.15, 0.2) is 91.3 Å². The van der Waals surface area contributed by atoms with Gasteiger partial charge >= 0.3 is 0 Å². The minimum absolute atomic E-state index is 0.000330. The summed E-state index contributed by atoms with van der Waals surface area (Å²) >= 11 is 0. The molecule has 0 saturated heterocycles. The number of aromatic nitrogens is 2. The highest BCUT2D eigenvalue weighted by Crippen LogP contribution is 2.36. The first-order chi connectivity index (χ1) is 30.4. The van der Waals surface area contributed by atoms with Gasteiger partial charge in [0.2, 0.25) is 17.7 Å². The Kier molecular flexibility index (Phi) is 16.6. The summed E-state index contributed by atoms with van der Waals surface area (Å²) in [6.07, 6.45) is 6.08. The highest BCUT2D eigenvalue weighted by atomic mass is 33.1. The Morgan fingerprint density at radius 2 is 1.57 bits per heavy atom. The normalized spacial score (nSPS) is 12.9. The molecule has 2 atom stereocenters. The quantitative estimate of drug-likeness (QED) is 0.0182. The molecule has 0 bridgehead atoms. The van der Waals surface area contributed by atoms with Crippen LogP contribution in [0.4, 0.5) is 22.7 Å². The van der Waals surface area contributed by atoms with Gasteiger partial charge in [-0.1, -0.05) is 58.9 Å². The van der Waals surface area contributed by atoms with Gasteiger partial charge in [0.25, 0.3) is 6.48 Å². The molecular weight excluding hydrogens is 839 g/mol. The van der Waals surface area contributed by atoms with E-state index in [0.29, 0.717) is 41.7 Å². The molecule has 0 spiro atoms. The molecule has 0 radical (unpaired) electrons. The number of anilines is 4. The summed E-state index contributed by atoms with van der Waals surface area (Å²) in [6.45, 7) is 5.00. The van der Waals surface area contributed by atoms with Gasteiger partial charge in [-0.3, -0.25) is 19.4 Å². The first-order valence-electron chi connectivity index (χ1n) is 20.5. The summed E-state index contributed by atoms with van der Waals surface area (Å²) in [5.74, 6) is 0.326. The summed E-state index contributed by atoms with van der Waals surface area (Å²) in [7, 11) is 4.34. The van der Waals surface area contributed by atoms with E-state index >= 15 is 0 Å². The van der Waals surface area contributed by atoms with E-state index in [9.17, 15) is 19.5 Å². The number of carbonyl (C=O) groups excluding carboxylic acids is 3. The smallest absolute Gasteiger partial charge is 0.269 e. The number of nitrogens with two attached hydrogens (primary N) is 2. The number of aryl methyl sites for hydroxylation is 2. The molecule has 2 aromatic heterocycles. The van der Waals surface area contributed by atoms with Crippen LogP contribution >= 0.6 is 21.6 Å². The Bertz CT molecular complexity index is 2450. The van der Waals surface area contributed by atoms with Gasteiger partial charge in [-0.25, -0.2) is 4.98 Å². The van der Waals surface area contributed by atoms with E-state index in [1.165, 1.54) is 28.7 Å². The first-order valence-corrected chi connectivity index (χ1v) is 23.0. The Morgan fingerprint density at radius 1 is 0.841 bits per heavy atom. The number of hydrogen-bond donors (Lipinski definition) is 6. The van der Waals surface area contributed by atoms with Crippen molar-refractivity contribution in [3.8, 4) is 28.1 Å². The third-order valence-electron chi connectivity index (χ3n) is 10.3. The minimum Gasteiger partial charge on any atom is -0.480 e. The number of benzene rings is 3. The van der Waals surface area contributed by atoms with Crippen molar-refractivity contribution in [1.82, 2.24) is 15.3 Å². The Labute approximate surface area is 375 Å². The van der Waals surface area contributed by atoms with Gasteiger partial charge in [0.05, 0.1) is 31.7 Å². The second kappa shape index (κ2) is 22.4. The first kappa shape index (κ1) is 46.6. The van der Waals surface area contributed by atoms with Crippen molar-refractivity contribution >= 4 is 67.5 Å². The van der Waals surface area contributed by atoms with Crippen molar-refractivity contribution in [2.45, 2.75) is 59.2 Å². The molecule has 6 rings (SSSR count). The Morgan fingerprint density at radius 3 is 2.29 bits per heavy atom. The average Bonchev–Trinajstić information content (AvgIpc) is 3.29. The maximum Gasteiger partial charge on any atom is 0.269 e. The zero-order valence-electron chi connectivity index (χ0n) is 35.7. The van der Waals surface area contributed by atoms with Crippen LogP contribution in [0.2, 0.25) is 0 Å². The summed E-state index contributed by atoms with van der Waals surface area (Å²) in [4.78, 5) is 47.1. The predicted octanol–water partition coefficient (Wildman–Crippen LogP) is 7.53. The van der Waals surface area contributed by atoms with Crippen LogP contribution in [0.1, 0.15) is 54.1 Å². The van der Waals surface area contributed by atoms with Gasteiger partial charge < -0.3 is 46.7 Å². The van der Waals surface area contributed by atoms with Gasteiger partial charge in [-0.05, 0) is 95.8 Å². The lowest BCUT2D eigenvalue weighted by molar-refractivity contribution is -0.266. The van der Waals surface area contributed by atoms with Gasteiger partial charge in [0, 0.05) is 83.5 Å². The molecule has 0 aliphatic carbocycles. The largest absolute Gasteiger partial charge is 0.480 e. The third kappa shape index (κ3) is 12.8. The van der Waals surface area contributed by atoms with Crippen molar-refractivity contribution in [2.24, 2.45) is 0 Å². The number of Topliss-reactive ketones (excluding diaryl/α,β-unsaturated/α-hetero) is 1. The Balaban J connectivity index is 0.962. The molecule has 5 aromatic rings. The van der Waals surface area contributed by atoms with Crippen molar-refractivity contribution in [2.75, 3.05) is 53.9 Å². The van der Waals surface area contributed by atoms with Crippen molar-refractivity contribution in [3.05, 3.63) is 119 Å². The highest BCUT2D eigenvalue weighted by molar-refractivity contribution is 8.76. The predicted molar refractivity (Wildman–Crippen MR) is 253 cm³/mol. The molecule has 1 aliphatic heterocycles. The average molecular weight is 892 g/mol. The second-order valence-corrected chi connectivity index (χ2v) is 17.4. The van der Waals surface area contributed by atoms with Crippen molar-refractivity contribution in [3.63, 3.8) is 0 Å². The van der Waals surface area contributed by atoms with Crippen LogP contribution in [0.25, 0.3) is 27.8 Å². The van der Waals surface area contributed by atoms with Crippen LogP contribution < -0.4 is 32.2 Å². The molecule has 2 amide bonds. The summed E-state index contributed by atoms with van der Waals surface area (Å²) in [6, 6.07) is 22.6. The summed E-state index contributed by atoms with van der Waals surface area (Å²) in [5.41, 5.74) is 24.2. The Hall–Kier alpha value is -5.91. The van der Waals surface area contributed by atoms with Crippen LogP contribution in [-0.4, -0.2) is 77.0 Å². The van der Waals surface area contributed by atoms with E-state index in [-0.39, 0.29) is 49.4 Å². The fourth-order valence-corrected chi connectivity index (χ4v) is 8.72. The van der Waals surface area contributed by atoms with E-state index in [2.05, 4.69) is 38.1 Å². The van der Waals surface area contributed by atoms with E-state index in [0.717, 1.165) is 61.5 Å². The molecule has 3 heterocycles. The fourth-order valence-electron chi connectivity index (χ4n) is 6.71. The second-order valence-electron chi connectivity index (χ2n) is 14.8. The number of nitrogen functional groups attached to an aromatic ring is 2. The molecule has 3 aromatic carbocycles. The molecule has 63 heavy (non-hydrogen) atoms. The standard InChI is InChI=1S/C47H53N7O7S2/c1-5-36(55)11-15-44(56)53-43(45(57)54-41-13-8-31(21-29(41)3)30-7-12-39(48)28(2)20-30)27-63-62-19-18-60-47(58)61-26-35-10-6-33(24-51-35)37-16-17-50-42-14-9-32(22-38(37)42)34-23-40(49)46(59-4)52-25-34/h6-10,12-14,16,20-25,43,47,50,58H,5,11,15,17-19,26-27,48-49H2,1-4H3,(H,53,56)(H,54,57). The highest BCUT2D eigenvalue weighted by Gasteiger charge is 2.23. The van der Waals surface area contributed by atoms with E-state index < -0.39 is 12.5 Å². The van der Waals surface area contributed by atoms with Gasteiger partial charge in [-0.15, -0.1) is 0 Å². The molecule has 8 N–H and O–H groups in total. The third-order valence-corrected chi connectivity index (χ3v) is 12.7. The molecular formula is C47H53N7O7S2. The molecule has 1 aliphatic rings. The SMILES string of the molecule is CCC(=O)CCC(=O)NC(CSSCCOC(O)OCc1ccc(C2=CCNc3ccc(-c4cnc(OC)c(N)c4)cc32)cn1)C(=O)Nc1ccc(-c2ccc(N)c(C)c2)cc1C. The van der Waals surface area contributed by atoms with E-state index in [4.69, 9.17) is 25.7 Å². The topological polar surface area (TPSA) is 213 Å². The lowest BCUT2D eigenvalue weighted by Crippen LogP contribution is -2.45. The molecule has 0 saturated carbocycles. The van der Waals surface area contributed by atoms with Gasteiger partial charge in [0.1, 0.15) is 11.8 Å². The lowest BCUT2D eigenvalue weighted by Gasteiger charge is -2.21. The lowest BCUT2D eigenvalue weighted by atomic mass is 9.92. The molecule has 0 fully saturated rings. The van der Waals surface area contributed by atoms with Crippen molar-refractivity contribution in [1.29, 1.82) is 0 Å². The van der Waals surface area contributed by atoms with Crippen molar-refractivity contribution < 1.29 is 33.7 Å². The number of fused-ring (bicyclic) bond motifs is 1. The maximum absolute atomic E-state index is 13.5. The van der Waals surface area contributed by atoms with Crippen LogP contribution in [0.3, 0.4) is 0 Å². The molecule has 14 nitrogen and oxygen atoms in total. The molecule has 2 unspecified atom stereocenters. The number of rotatable bonds is 21. The number of aliphatic hydroxyl groups excluding tert-OH is 1. The maximum atomic E-state index is 13.5. The molecule has 16 heteroatoms. The monoisotopic (exact) mass is 891 g/mol. The summed E-state index contributed by atoms with van der Waals surface area (Å²) < 4.78 is 16.2. The van der Waals surface area contributed by atoms with E-state index in [1.54, 1.807) is 19.3 Å². The number of hydrogen-bond acceptors (Lipinski definition) is 14. The van der Waals surface area contributed by atoms with E-state index in [1.807, 2.05) is 80.6 Å². The zero-order chi connectivity index (χ0) is 44.9. The number of aliphatic hydroxyl groups is 1. The number of amides is 2. The minimum atomic E-state index is -1.47. The number of nitrogens with one attached hydrogen (secondary N) is 3. The van der Waals surface area contributed by atoms with Crippen LogP contribution in [0, 0.1) is 13.8 Å². The number of nitrogens with zero attached hydrogens (tertiary/aromatic N) is 2. The zero-order valence-corrected chi connectivity index (χ0v) is 37.4. The number of pyridine rings is 2. The van der Waals surface area contributed by atoms with Crippen LogP contribution in [-0.2, 0) is 30.5 Å². The summed E-state index contributed by atoms with van der Waals surface area (Å²) in [5, 5.41) is 19.6. The van der Waals surface area contributed by atoms with Crippen LogP contribution in [0.5, 0.6) is 5.88 Å². The van der Waals surface area contributed by atoms with Gasteiger partial charge in [-0.2, -0.15) is 0 Å². The number of methoxy groups -OCH3 is 1. The number of ketones is 1. The number of carbonyl (C=O) groups is 3. The number of ether oxygens (including phenoxy) is 3. The fraction of sp³-hybridized carbons (Fsp3) is 0.298. The molecule has 330 valence electrons.